The molecule has 1 fully saturated rings. The van der Waals surface area contributed by atoms with Gasteiger partial charge in [-0.1, -0.05) is 32.0 Å². The van der Waals surface area contributed by atoms with Crippen LogP contribution in [0.15, 0.2) is 18.2 Å². The Morgan fingerprint density at radius 2 is 1.56 bits per heavy atom. The van der Waals surface area contributed by atoms with Crippen molar-refractivity contribution in [2.24, 2.45) is 0 Å². The van der Waals surface area contributed by atoms with Crippen molar-refractivity contribution in [1.29, 1.82) is 0 Å². The zero-order valence-corrected chi connectivity index (χ0v) is 14.8. The molecule has 1 amide bonds. The third-order valence-electron chi connectivity index (χ3n) is 4.50. The van der Waals surface area contributed by atoms with E-state index in [2.05, 4.69) is 5.32 Å². The number of alkyl halides is 3. The Hall–Kier alpha value is -1.60. The largest absolute Gasteiger partial charge is 0.401 e. The van der Waals surface area contributed by atoms with Crippen LogP contribution in [0.1, 0.15) is 25.0 Å². The first-order valence-electron chi connectivity index (χ1n) is 8.74. The van der Waals surface area contributed by atoms with Crippen LogP contribution in [0.4, 0.5) is 18.9 Å². The van der Waals surface area contributed by atoms with E-state index in [9.17, 15) is 18.0 Å². The summed E-state index contributed by atoms with van der Waals surface area (Å²) in [5.74, 6) is -0.111. The Morgan fingerprint density at radius 1 is 1.04 bits per heavy atom. The van der Waals surface area contributed by atoms with Gasteiger partial charge < -0.3 is 5.32 Å². The van der Waals surface area contributed by atoms with E-state index in [-0.39, 0.29) is 12.5 Å². The molecular formula is C18H26F3N3O. The topological polar surface area (TPSA) is 35.6 Å². The number of para-hydroxylation sites is 1. The van der Waals surface area contributed by atoms with Crippen LogP contribution in [0.25, 0.3) is 0 Å². The van der Waals surface area contributed by atoms with Gasteiger partial charge in [-0.05, 0) is 24.0 Å². The van der Waals surface area contributed by atoms with Crippen LogP contribution in [0, 0.1) is 0 Å². The van der Waals surface area contributed by atoms with Crippen LogP contribution < -0.4 is 5.32 Å². The number of anilines is 1. The van der Waals surface area contributed by atoms with Crippen LogP contribution in [0.2, 0.25) is 0 Å². The van der Waals surface area contributed by atoms with Gasteiger partial charge in [-0.2, -0.15) is 13.2 Å². The lowest BCUT2D eigenvalue weighted by Crippen LogP contribution is -2.50. The molecule has 0 aliphatic carbocycles. The van der Waals surface area contributed by atoms with Gasteiger partial charge in [-0.15, -0.1) is 0 Å². The van der Waals surface area contributed by atoms with Crippen molar-refractivity contribution in [2.45, 2.75) is 32.9 Å². The molecule has 1 aliphatic heterocycles. The fraction of sp³-hybridized carbons (Fsp3) is 0.611. The number of rotatable bonds is 6. The van der Waals surface area contributed by atoms with Gasteiger partial charge in [0.25, 0.3) is 0 Å². The maximum absolute atomic E-state index is 12.4. The van der Waals surface area contributed by atoms with Gasteiger partial charge in [0.15, 0.2) is 0 Å². The summed E-state index contributed by atoms with van der Waals surface area (Å²) in [7, 11) is 0. The molecule has 0 aromatic heterocycles. The molecule has 0 bridgehead atoms. The molecule has 1 aromatic carbocycles. The van der Waals surface area contributed by atoms with Crippen molar-refractivity contribution in [3.63, 3.8) is 0 Å². The number of halogens is 3. The van der Waals surface area contributed by atoms with Crippen molar-refractivity contribution >= 4 is 11.6 Å². The predicted molar refractivity (Wildman–Crippen MR) is 92.8 cm³/mol. The summed E-state index contributed by atoms with van der Waals surface area (Å²) in [5, 5.41) is 3.00. The molecule has 140 valence electrons. The number of carbonyl (C=O) groups is 1. The van der Waals surface area contributed by atoms with Crippen LogP contribution in [0.5, 0.6) is 0 Å². The number of nitrogens with one attached hydrogen (secondary N) is 1. The zero-order chi connectivity index (χ0) is 18.4. The smallest absolute Gasteiger partial charge is 0.324 e. The van der Waals surface area contributed by atoms with Crippen molar-refractivity contribution in [3.05, 3.63) is 29.3 Å². The molecule has 4 nitrogen and oxygen atoms in total. The molecule has 0 spiro atoms. The molecule has 1 aliphatic rings. The lowest BCUT2D eigenvalue weighted by molar-refractivity contribution is -0.149. The molecule has 0 atom stereocenters. The summed E-state index contributed by atoms with van der Waals surface area (Å²) < 4.78 is 37.2. The first kappa shape index (κ1) is 19.7. The van der Waals surface area contributed by atoms with E-state index in [0.29, 0.717) is 26.2 Å². The third-order valence-corrected chi connectivity index (χ3v) is 4.50. The highest BCUT2D eigenvalue weighted by atomic mass is 19.4. The van der Waals surface area contributed by atoms with Gasteiger partial charge in [0.2, 0.25) is 5.91 Å². The normalized spacial score (nSPS) is 16.8. The third kappa shape index (κ3) is 6.01. The van der Waals surface area contributed by atoms with E-state index >= 15 is 0 Å². The Morgan fingerprint density at radius 3 is 2.04 bits per heavy atom. The van der Waals surface area contributed by atoms with Gasteiger partial charge in [0, 0.05) is 31.9 Å². The van der Waals surface area contributed by atoms with Crippen molar-refractivity contribution < 1.29 is 18.0 Å². The SMILES string of the molecule is CCc1cccc(CC)c1NC(=O)CN1CCN(CC(F)(F)F)CC1. The van der Waals surface area contributed by atoms with Crippen molar-refractivity contribution in [3.8, 4) is 0 Å². The Balaban J connectivity index is 1.88. The number of piperazine rings is 1. The minimum Gasteiger partial charge on any atom is -0.324 e. The second-order valence-electron chi connectivity index (χ2n) is 6.37. The van der Waals surface area contributed by atoms with E-state index in [1.54, 1.807) is 0 Å². The standard InChI is InChI=1S/C18H26F3N3O/c1-3-14-6-5-7-15(4-2)17(14)22-16(25)12-23-8-10-24(11-9-23)13-18(19,20)21/h5-7H,3-4,8-13H2,1-2H3,(H,22,25). The molecule has 1 aromatic rings. The molecule has 1 heterocycles. The van der Waals surface area contributed by atoms with Crippen molar-refractivity contribution in [1.82, 2.24) is 9.80 Å². The van der Waals surface area contributed by atoms with Crippen LogP contribution >= 0.6 is 0 Å². The molecule has 0 radical (unpaired) electrons. The molecule has 7 heteroatoms. The second-order valence-corrected chi connectivity index (χ2v) is 6.37. The monoisotopic (exact) mass is 357 g/mol. The van der Waals surface area contributed by atoms with E-state index in [4.69, 9.17) is 0 Å². The number of aryl methyl sites for hydroxylation is 2. The minimum atomic E-state index is -4.17. The first-order valence-corrected chi connectivity index (χ1v) is 8.74. The second kappa shape index (κ2) is 8.67. The van der Waals surface area contributed by atoms with Crippen molar-refractivity contribution in [2.75, 3.05) is 44.6 Å². The summed E-state index contributed by atoms with van der Waals surface area (Å²) >= 11 is 0. The highest BCUT2D eigenvalue weighted by Crippen LogP contribution is 2.22. The van der Waals surface area contributed by atoms with Gasteiger partial charge >= 0.3 is 6.18 Å². The molecular weight excluding hydrogens is 331 g/mol. The number of benzene rings is 1. The first-order chi connectivity index (χ1) is 11.8. The summed E-state index contributed by atoms with van der Waals surface area (Å²) in [5.41, 5.74) is 3.08. The summed E-state index contributed by atoms with van der Waals surface area (Å²) in [4.78, 5) is 15.7. The predicted octanol–water partition coefficient (Wildman–Crippen LogP) is 2.93. The van der Waals surface area contributed by atoms with Crippen LogP contribution in [-0.4, -0.2) is 61.2 Å². The summed E-state index contributed by atoms with van der Waals surface area (Å²) in [6, 6.07) is 6.00. The van der Waals surface area contributed by atoms with Gasteiger partial charge in [0.1, 0.15) is 0 Å². The van der Waals surface area contributed by atoms with Gasteiger partial charge in [0.05, 0.1) is 13.1 Å². The number of carbonyl (C=O) groups excluding carboxylic acids is 1. The Bertz CT molecular complexity index is 559. The maximum atomic E-state index is 12.4. The lowest BCUT2D eigenvalue weighted by Gasteiger charge is -2.34. The molecule has 0 unspecified atom stereocenters. The minimum absolute atomic E-state index is 0.111. The number of nitrogens with zero attached hydrogens (tertiary/aromatic N) is 2. The van der Waals surface area contributed by atoms with Gasteiger partial charge in [-0.3, -0.25) is 14.6 Å². The summed E-state index contributed by atoms with van der Waals surface area (Å²) in [6.07, 6.45) is -2.50. The van der Waals surface area contributed by atoms with Gasteiger partial charge in [-0.25, -0.2) is 0 Å². The lowest BCUT2D eigenvalue weighted by atomic mass is 10.0. The maximum Gasteiger partial charge on any atom is 0.401 e. The van der Waals surface area contributed by atoms with E-state index in [1.807, 2.05) is 36.9 Å². The average molecular weight is 357 g/mol. The molecule has 2 rings (SSSR count). The van der Waals surface area contributed by atoms with Crippen LogP contribution in [-0.2, 0) is 17.6 Å². The van der Waals surface area contributed by atoms with E-state index < -0.39 is 12.7 Å². The average Bonchev–Trinajstić information content (AvgIpc) is 2.55. The fourth-order valence-corrected chi connectivity index (χ4v) is 3.14. The quantitative estimate of drug-likeness (QED) is 0.850. The highest BCUT2D eigenvalue weighted by Gasteiger charge is 2.32. The number of hydrogen-bond acceptors (Lipinski definition) is 3. The Kier molecular flexibility index (Phi) is 6.84. The fourth-order valence-electron chi connectivity index (χ4n) is 3.14. The molecule has 1 saturated heterocycles. The van der Waals surface area contributed by atoms with E-state index in [1.165, 1.54) is 4.90 Å². The Labute approximate surface area is 147 Å². The molecule has 25 heavy (non-hydrogen) atoms. The molecule has 1 N–H and O–H groups in total. The molecule has 0 saturated carbocycles. The summed E-state index contributed by atoms with van der Waals surface area (Å²) in [6.45, 7) is 5.03. The van der Waals surface area contributed by atoms with E-state index in [0.717, 1.165) is 29.7 Å². The van der Waals surface area contributed by atoms with Crippen LogP contribution in [0.3, 0.4) is 0 Å². The highest BCUT2D eigenvalue weighted by molar-refractivity contribution is 5.93. The number of hydrogen-bond donors (Lipinski definition) is 1. The number of amides is 1. The zero-order valence-electron chi connectivity index (χ0n) is 14.8.